The number of carbonyl (C=O) groups excluding carboxylic acids is 1. The molecule has 2 aromatic carbocycles. The van der Waals surface area contributed by atoms with Crippen molar-refractivity contribution in [1.29, 1.82) is 0 Å². The standard InChI is InChI=1S/C29H27F6N5O2S/c1-2-23(41)38-7-9-39(10-8-38)27-20-12-21(29(33,34)35)24(19-4-3-16(30)11-22(19)32)26-25(20)40(28(42)36-27)18(15-43-26)14-37-6-5-17(31)13-37/h2-4,11-12,17-18H,1,5-10,13-15H2. The third kappa shape index (κ3) is 5.39. The zero-order valence-electron chi connectivity index (χ0n) is 22.8. The van der Waals surface area contributed by atoms with Crippen LogP contribution in [0.5, 0.6) is 0 Å². The van der Waals surface area contributed by atoms with E-state index in [4.69, 9.17) is 0 Å². The van der Waals surface area contributed by atoms with Crippen LogP contribution in [0.25, 0.3) is 22.0 Å². The van der Waals surface area contributed by atoms with Crippen molar-refractivity contribution in [2.75, 3.05) is 56.5 Å². The molecule has 4 heterocycles. The summed E-state index contributed by atoms with van der Waals surface area (Å²) in [6.45, 7) is 5.33. The van der Waals surface area contributed by atoms with Gasteiger partial charge in [0.15, 0.2) is 0 Å². The van der Waals surface area contributed by atoms with Gasteiger partial charge in [-0.05, 0) is 30.7 Å². The van der Waals surface area contributed by atoms with E-state index in [1.807, 2.05) is 4.90 Å². The average Bonchev–Trinajstić information content (AvgIpc) is 3.38. The third-order valence-corrected chi connectivity index (χ3v) is 9.42. The SMILES string of the molecule is C=CC(=O)N1CCN(c2nc(=O)n3c4c(c(-c5ccc(F)cc5F)c(C(F)(F)F)cc24)SCC3CN2CCC(F)C2)CC1. The van der Waals surface area contributed by atoms with Gasteiger partial charge in [-0.3, -0.25) is 14.3 Å². The van der Waals surface area contributed by atoms with Gasteiger partial charge in [-0.25, -0.2) is 18.0 Å². The summed E-state index contributed by atoms with van der Waals surface area (Å²) in [7, 11) is 0. The lowest BCUT2D eigenvalue weighted by molar-refractivity contribution is -0.137. The van der Waals surface area contributed by atoms with Gasteiger partial charge in [0.05, 0.1) is 17.1 Å². The lowest BCUT2D eigenvalue weighted by Gasteiger charge is -2.37. The molecule has 3 aliphatic rings. The normalized spacial score (nSPS) is 21.1. The molecule has 0 spiro atoms. The molecule has 14 heteroatoms. The van der Waals surface area contributed by atoms with Crippen molar-refractivity contribution in [3.63, 3.8) is 0 Å². The first-order valence-electron chi connectivity index (χ1n) is 13.8. The predicted molar refractivity (Wildman–Crippen MR) is 151 cm³/mol. The molecule has 1 amide bonds. The van der Waals surface area contributed by atoms with E-state index in [0.717, 1.165) is 30.0 Å². The van der Waals surface area contributed by atoms with Crippen molar-refractivity contribution in [2.45, 2.75) is 29.7 Å². The number of hydrogen-bond acceptors (Lipinski definition) is 6. The molecular formula is C29H27F6N5O2S. The number of hydrogen-bond donors (Lipinski definition) is 0. The van der Waals surface area contributed by atoms with Crippen LogP contribution in [0.4, 0.5) is 32.2 Å². The average molecular weight is 624 g/mol. The summed E-state index contributed by atoms with van der Waals surface area (Å²) < 4.78 is 88.4. The number of thioether (sulfide) groups is 1. The summed E-state index contributed by atoms with van der Waals surface area (Å²) in [5, 5.41) is 0.0543. The number of nitrogens with zero attached hydrogens (tertiary/aromatic N) is 5. The van der Waals surface area contributed by atoms with E-state index in [9.17, 15) is 31.5 Å². The molecule has 2 saturated heterocycles. The molecule has 3 aliphatic heterocycles. The van der Waals surface area contributed by atoms with Crippen LogP contribution in [0.3, 0.4) is 0 Å². The Hall–Kier alpha value is -3.52. The van der Waals surface area contributed by atoms with Crippen LogP contribution in [0, 0.1) is 11.6 Å². The third-order valence-electron chi connectivity index (χ3n) is 8.19. The van der Waals surface area contributed by atoms with E-state index in [1.165, 1.54) is 15.5 Å². The predicted octanol–water partition coefficient (Wildman–Crippen LogP) is 4.89. The highest BCUT2D eigenvalue weighted by Gasteiger charge is 2.40. The molecule has 0 N–H and O–H groups in total. The molecule has 0 aliphatic carbocycles. The van der Waals surface area contributed by atoms with Gasteiger partial charge < -0.3 is 9.80 Å². The van der Waals surface area contributed by atoms with Crippen LogP contribution in [0.15, 0.2) is 46.6 Å². The van der Waals surface area contributed by atoms with E-state index in [1.54, 1.807) is 4.90 Å². The number of piperazine rings is 1. The van der Waals surface area contributed by atoms with Gasteiger partial charge >= 0.3 is 11.9 Å². The molecule has 6 rings (SSSR count). The molecule has 228 valence electrons. The smallest absolute Gasteiger partial charge is 0.352 e. The number of carbonyl (C=O) groups is 1. The Morgan fingerprint density at radius 3 is 2.49 bits per heavy atom. The molecule has 7 nitrogen and oxygen atoms in total. The van der Waals surface area contributed by atoms with Gasteiger partial charge in [0, 0.05) is 79.0 Å². The Labute approximate surface area is 246 Å². The van der Waals surface area contributed by atoms with Crippen molar-refractivity contribution in [3.05, 3.63) is 64.6 Å². The number of benzene rings is 2. The Bertz CT molecular complexity index is 1670. The summed E-state index contributed by atoms with van der Waals surface area (Å²) in [6.07, 6.45) is -4.41. The first-order chi connectivity index (χ1) is 20.5. The first-order valence-corrected chi connectivity index (χ1v) is 14.8. The minimum atomic E-state index is -4.93. The van der Waals surface area contributed by atoms with E-state index in [-0.39, 0.29) is 72.5 Å². The maximum Gasteiger partial charge on any atom is 0.417 e. The van der Waals surface area contributed by atoms with Gasteiger partial charge in [-0.2, -0.15) is 18.2 Å². The van der Waals surface area contributed by atoms with Crippen LogP contribution < -0.4 is 10.6 Å². The lowest BCUT2D eigenvalue weighted by Crippen LogP contribution is -2.49. The summed E-state index contributed by atoms with van der Waals surface area (Å²) >= 11 is 1.06. The summed E-state index contributed by atoms with van der Waals surface area (Å²) in [4.78, 5) is 35.2. The quantitative estimate of drug-likeness (QED) is 0.298. The highest BCUT2D eigenvalue weighted by molar-refractivity contribution is 7.99. The molecule has 0 saturated carbocycles. The van der Waals surface area contributed by atoms with Crippen molar-refractivity contribution in [3.8, 4) is 11.1 Å². The van der Waals surface area contributed by atoms with E-state index >= 15 is 4.39 Å². The van der Waals surface area contributed by atoms with Crippen molar-refractivity contribution >= 4 is 34.4 Å². The zero-order valence-corrected chi connectivity index (χ0v) is 23.7. The molecule has 0 bridgehead atoms. The number of rotatable bonds is 5. The zero-order chi connectivity index (χ0) is 30.6. The number of amides is 1. The van der Waals surface area contributed by atoms with Gasteiger partial charge in [0.2, 0.25) is 5.91 Å². The fourth-order valence-electron chi connectivity index (χ4n) is 6.17. The van der Waals surface area contributed by atoms with Crippen molar-refractivity contribution in [1.82, 2.24) is 19.4 Å². The fourth-order valence-corrected chi connectivity index (χ4v) is 7.49. The maximum atomic E-state index is 15.1. The van der Waals surface area contributed by atoms with Gasteiger partial charge in [-0.1, -0.05) is 6.58 Å². The van der Waals surface area contributed by atoms with E-state index in [2.05, 4.69) is 11.6 Å². The second kappa shape index (κ2) is 11.2. The summed E-state index contributed by atoms with van der Waals surface area (Å²) in [5.41, 5.74) is -2.58. The van der Waals surface area contributed by atoms with Crippen LogP contribution in [0.1, 0.15) is 18.0 Å². The highest BCUT2D eigenvalue weighted by atomic mass is 32.2. The van der Waals surface area contributed by atoms with Crippen LogP contribution >= 0.6 is 11.8 Å². The highest BCUT2D eigenvalue weighted by Crippen LogP contribution is 2.50. The second-order valence-electron chi connectivity index (χ2n) is 10.9. The van der Waals surface area contributed by atoms with Gasteiger partial charge in [0.1, 0.15) is 23.6 Å². The minimum absolute atomic E-state index is 0.0334. The molecule has 2 unspecified atom stereocenters. The fraction of sp³-hybridized carbons (Fsp3) is 0.414. The van der Waals surface area contributed by atoms with Crippen LogP contribution in [-0.2, 0) is 11.0 Å². The Morgan fingerprint density at radius 1 is 1.12 bits per heavy atom. The number of alkyl halides is 4. The van der Waals surface area contributed by atoms with Crippen LogP contribution in [-0.4, -0.2) is 83.0 Å². The molecule has 2 atom stereocenters. The number of anilines is 1. The number of likely N-dealkylation sites (tertiary alicyclic amines) is 1. The molecule has 43 heavy (non-hydrogen) atoms. The second-order valence-corrected chi connectivity index (χ2v) is 11.9. The van der Waals surface area contributed by atoms with Crippen molar-refractivity contribution in [2.24, 2.45) is 0 Å². The maximum absolute atomic E-state index is 15.1. The molecule has 3 aromatic rings. The Kier molecular flexibility index (Phi) is 7.69. The van der Waals surface area contributed by atoms with E-state index < -0.39 is 52.4 Å². The first kappa shape index (κ1) is 29.5. The van der Waals surface area contributed by atoms with Crippen LogP contribution in [0.2, 0.25) is 0 Å². The van der Waals surface area contributed by atoms with Crippen molar-refractivity contribution < 1.29 is 31.1 Å². The summed E-state index contributed by atoms with van der Waals surface area (Å²) in [5.74, 6) is -2.19. The largest absolute Gasteiger partial charge is 0.417 e. The number of halogens is 6. The Balaban J connectivity index is 1.58. The monoisotopic (exact) mass is 623 g/mol. The van der Waals surface area contributed by atoms with E-state index in [0.29, 0.717) is 19.0 Å². The Morgan fingerprint density at radius 2 is 1.86 bits per heavy atom. The molecular weight excluding hydrogens is 596 g/mol. The summed E-state index contributed by atoms with van der Waals surface area (Å²) in [6, 6.07) is 2.73. The molecule has 0 radical (unpaired) electrons. The molecule has 2 fully saturated rings. The molecule has 1 aromatic heterocycles. The minimum Gasteiger partial charge on any atom is -0.352 e. The number of aromatic nitrogens is 2. The van der Waals surface area contributed by atoms with Gasteiger partial charge in [-0.15, -0.1) is 11.8 Å². The topological polar surface area (TPSA) is 61.7 Å². The van der Waals surface area contributed by atoms with Gasteiger partial charge in [0.25, 0.3) is 0 Å². The lowest BCUT2D eigenvalue weighted by atomic mass is 9.95.